The molecule has 1 aromatic rings. The maximum atomic E-state index is 6.02. The average molecular weight is 256 g/mol. The lowest BCUT2D eigenvalue weighted by Gasteiger charge is -2.21. The second-order valence-corrected chi connectivity index (χ2v) is 5.10. The van der Waals surface area contributed by atoms with Crippen LogP contribution in [0.5, 0.6) is 5.75 Å². The third-order valence-electron chi connectivity index (χ3n) is 2.79. The van der Waals surface area contributed by atoms with E-state index in [9.17, 15) is 0 Å². The SMILES string of the molecule is CCCOc1ccc(Cl)cc1NC(C)C(C)C. The zero-order valence-electron chi connectivity index (χ0n) is 11.1. The Bertz CT molecular complexity index is 352. The molecule has 1 rings (SSSR count). The zero-order valence-corrected chi connectivity index (χ0v) is 11.8. The molecule has 0 fully saturated rings. The first kappa shape index (κ1) is 14.2. The predicted octanol–water partition coefficient (Wildman–Crippen LogP) is 4.59. The first-order valence-corrected chi connectivity index (χ1v) is 6.61. The molecular weight excluding hydrogens is 234 g/mol. The Kier molecular flexibility index (Phi) is 5.63. The fourth-order valence-corrected chi connectivity index (χ4v) is 1.54. The Morgan fingerprint density at radius 1 is 1.29 bits per heavy atom. The van der Waals surface area contributed by atoms with Crippen LogP contribution in [-0.4, -0.2) is 12.6 Å². The molecule has 0 aromatic heterocycles. The van der Waals surface area contributed by atoms with Gasteiger partial charge < -0.3 is 10.1 Å². The highest BCUT2D eigenvalue weighted by atomic mass is 35.5. The van der Waals surface area contributed by atoms with Gasteiger partial charge in [-0.3, -0.25) is 0 Å². The second-order valence-electron chi connectivity index (χ2n) is 4.67. The van der Waals surface area contributed by atoms with Gasteiger partial charge in [0.1, 0.15) is 5.75 Å². The highest BCUT2D eigenvalue weighted by Crippen LogP contribution is 2.29. The molecule has 1 atom stereocenters. The molecular formula is C14H22ClNO. The minimum Gasteiger partial charge on any atom is -0.491 e. The molecule has 0 amide bonds. The van der Waals surface area contributed by atoms with Crippen molar-refractivity contribution in [2.75, 3.05) is 11.9 Å². The number of benzene rings is 1. The summed E-state index contributed by atoms with van der Waals surface area (Å²) in [7, 11) is 0. The molecule has 96 valence electrons. The molecule has 3 heteroatoms. The van der Waals surface area contributed by atoms with Crippen molar-refractivity contribution in [2.45, 2.75) is 40.2 Å². The zero-order chi connectivity index (χ0) is 12.8. The van der Waals surface area contributed by atoms with Crippen LogP contribution >= 0.6 is 11.6 Å². The largest absolute Gasteiger partial charge is 0.491 e. The van der Waals surface area contributed by atoms with Crippen LogP contribution in [0.1, 0.15) is 34.1 Å². The van der Waals surface area contributed by atoms with Crippen LogP contribution < -0.4 is 10.1 Å². The van der Waals surface area contributed by atoms with E-state index in [0.29, 0.717) is 12.0 Å². The van der Waals surface area contributed by atoms with Gasteiger partial charge in [0, 0.05) is 11.1 Å². The Hall–Kier alpha value is -0.890. The highest BCUT2D eigenvalue weighted by Gasteiger charge is 2.10. The van der Waals surface area contributed by atoms with Crippen molar-refractivity contribution in [3.05, 3.63) is 23.2 Å². The van der Waals surface area contributed by atoms with Crippen LogP contribution in [0.4, 0.5) is 5.69 Å². The maximum absolute atomic E-state index is 6.02. The van der Waals surface area contributed by atoms with E-state index in [4.69, 9.17) is 16.3 Å². The van der Waals surface area contributed by atoms with Crippen LogP contribution in [0.3, 0.4) is 0 Å². The van der Waals surface area contributed by atoms with Gasteiger partial charge in [-0.15, -0.1) is 0 Å². The summed E-state index contributed by atoms with van der Waals surface area (Å²) in [4.78, 5) is 0. The monoisotopic (exact) mass is 255 g/mol. The highest BCUT2D eigenvalue weighted by molar-refractivity contribution is 6.30. The Morgan fingerprint density at radius 2 is 2.00 bits per heavy atom. The molecule has 1 N–H and O–H groups in total. The van der Waals surface area contributed by atoms with Crippen molar-refractivity contribution in [3.63, 3.8) is 0 Å². The molecule has 17 heavy (non-hydrogen) atoms. The van der Waals surface area contributed by atoms with Crippen LogP contribution in [0.25, 0.3) is 0 Å². The Balaban J connectivity index is 2.82. The lowest BCUT2D eigenvalue weighted by atomic mass is 10.1. The summed E-state index contributed by atoms with van der Waals surface area (Å²) in [6.07, 6.45) is 1.00. The number of halogens is 1. The number of anilines is 1. The molecule has 1 aromatic carbocycles. The van der Waals surface area contributed by atoms with Gasteiger partial charge in [-0.25, -0.2) is 0 Å². The fraction of sp³-hybridized carbons (Fsp3) is 0.571. The summed E-state index contributed by atoms with van der Waals surface area (Å²) < 4.78 is 5.70. The van der Waals surface area contributed by atoms with Gasteiger partial charge >= 0.3 is 0 Å². The van der Waals surface area contributed by atoms with Crippen molar-refractivity contribution in [1.82, 2.24) is 0 Å². The minimum atomic E-state index is 0.387. The van der Waals surface area contributed by atoms with E-state index in [1.165, 1.54) is 0 Å². The molecule has 0 bridgehead atoms. The fourth-order valence-electron chi connectivity index (χ4n) is 1.36. The predicted molar refractivity (Wildman–Crippen MR) is 75.2 cm³/mol. The number of hydrogen-bond donors (Lipinski definition) is 1. The van der Waals surface area contributed by atoms with Crippen LogP contribution in [0, 0.1) is 5.92 Å². The van der Waals surface area contributed by atoms with Crippen molar-refractivity contribution in [2.24, 2.45) is 5.92 Å². The van der Waals surface area contributed by atoms with E-state index in [1.807, 2.05) is 18.2 Å². The Labute approximate surface area is 109 Å². The summed E-state index contributed by atoms with van der Waals surface area (Å²) in [5.74, 6) is 1.44. The number of rotatable bonds is 6. The molecule has 0 saturated carbocycles. The molecule has 0 aliphatic heterocycles. The van der Waals surface area contributed by atoms with E-state index >= 15 is 0 Å². The molecule has 0 heterocycles. The van der Waals surface area contributed by atoms with Crippen LogP contribution in [-0.2, 0) is 0 Å². The van der Waals surface area contributed by atoms with Crippen molar-refractivity contribution in [1.29, 1.82) is 0 Å². The van der Waals surface area contributed by atoms with E-state index in [1.54, 1.807) is 0 Å². The third kappa shape index (κ3) is 4.47. The summed E-state index contributed by atoms with van der Waals surface area (Å²) in [6, 6.07) is 6.09. The van der Waals surface area contributed by atoms with Gasteiger partial charge in [0.15, 0.2) is 0 Å². The van der Waals surface area contributed by atoms with E-state index in [-0.39, 0.29) is 0 Å². The summed E-state index contributed by atoms with van der Waals surface area (Å²) >= 11 is 6.02. The van der Waals surface area contributed by atoms with Gasteiger partial charge in [-0.1, -0.05) is 32.4 Å². The first-order chi connectivity index (χ1) is 8.04. The normalized spacial score (nSPS) is 12.6. The first-order valence-electron chi connectivity index (χ1n) is 6.23. The standard InChI is InChI=1S/C14H22ClNO/c1-5-8-17-14-7-6-12(15)9-13(14)16-11(4)10(2)3/h6-7,9-11,16H,5,8H2,1-4H3. The quantitative estimate of drug-likeness (QED) is 0.803. The van der Waals surface area contributed by atoms with Crippen LogP contribution in [0.15, 0.2) is 18.2 Å². The van der Waals surface area contributed by atoms with Crippen LogP contribution in [0.2, 0.25) is 5.02 Å². The average Bonchev–Trinajstić information content (AvgIpc) is 2.28. The lowest BCUT2D eigenvalue weighted by Crippen LogP contribution is -2.21. The van der Waals surface area contributed by atoms with Crippen molar-refractivity contribution in [3.8, 4) is 5.75 Å². The molecule has 1 unspecified atom stereocenters. The molecule has 0 aliphatic rings. The summed E-state index contributed by atoms with van der Waals surface area (Å²) in [5, 5.41) is 4.18. The van der Waals surface area contributed by atoms with Gasteiger partial charge in [-0.05, 0) is 37.5 Å². The maximum Gasteiger partial charge on any atom is 0.142 e. The van der Waals surface area contributed by atoms with E-state index < -0.39 is 0 Å². The van der Waals surface area contributed by atoms with Crippen molar-refractivity contribution >= 4 is 17.3 Å². The number of hydrogen-bond acceptors (Lipinski definition) is 2. The number of ether oxygens (including phenoxy) is 1. The van der Waals surface area contributed by atoms with Crippen molar-refractivity contribution < 1.29 is 4.74 Å². The van der Waals surface area contributed by atoms with Gasteiger partial charge in [0.2, 0.25) is 0 Å². The Morgan fingerprint density at radius 3 is 2.59 bits per heavy atom. The molecule has 0 aliphatic carbocycles. The van der Waals surface area contributed by atoms with Gasteiger partial charge in [0.05, 0.1) is 12.3 Å². The third-order valence-corrected chi connectivity index (χ3v) is 3.02. The molecule has 0 radical (unpaired) electrons. The molecule has 0 spiro atoms. The lowest BCUT2D eigenvalue weighted by molar-refractivity contribution is 0.318. The van der Waals surface area contributed by atoms with Gasteiger partial charge in [-0.2, -0.15) is 0 Å². The molecule has 2 nitrogen and oxygen atoms in total. The van der Waals surface area contributed by atoms with Gasteiger partial charge in [0.25, 0.3) is 0 Å². The van der Waals surface area contributed by atoms with E-state index in [2.05, 4.69) is 33.0 Å². The number of nitrogens with one attached hydrogen (secondary N) is 1. The summed E-state index contributed by atoms with van der Waals surface area (Å²) in [6.45, 7) is 9.37. The minimum absolute atomic E-state index is 0.387. The summed E-state index contributed by atoms with van der Waals surface area (Å²) in [5.41, 5.74) is 0.979. The molecule has 0 saturated heterocycles. The van der Waals surface area contributed by atoms with E-state index in [0.717, 1.165) is 29.5 Å². The second kappa shape index (κ2) is 6.75. The smallest absolute Gasteiger partial charge is 0.142 e. The topological polar surface area (TPSA) is 21.3 Å².